The minimum atomic E-state index is -4.15. The molecule has 0 N–H and O–H groups in total. The average molecular weight is 295 g/mol. The van der Waals surface area contributed by atoms with Crippen molar-refractivity contribution < 1.29 is 13.2 Å². The van der Waals surface area contributed by atoms with Crippen molar-refractivity contribution in [3.8, 4) is 0 Å². The van der Waals surface area contributed by atoms with Gasteiger partial charge in [-0.25, -0.2) is 4.98 Å². The molecule has 1 aromatic rings. The van der Waals surface area contributed by atoms with Crippen LogP contribution in [0.25, 0.3) is 0 Å². The monoisotopic (exact) mass is 294 g/mol. The number of rotatable bonds is 5. The summed E-state index contributed by atoms with van der Waals surface area (Å²) < 4.78 is 36.6. The third-order valence-electron chi connectivity index (χ3n) is 2.76. The first-order chi connectivity index (χ1) is 8.73. The fourth-order valence-electron chi connectivity index (χ4n) is 1.57. The summed E-state index contributed by atoms with van der Waals surface area (Å²) in [6.07, 6.45) is -5.01. The van der Waals surface area contributed by atoms with Crippen LogP contribution in [0.5, 0.6) is 0 Å². The lowest BCUT2D eigenvalue weighted by Gasteiger charge is -2.21. The fraction of sp³-hybridized carbons (Fsp3) is 0.615. The van der Waals surface area contributed by atoms with Crippen LogP contribution in [0.3, 0.4) is 0 Å². The van der Waals surface area contributed by atoms with Crippen LogP contribution in [0.2, 0.25) is 0 Å². The van der Waals surface area contributed by atoms with Gasteiger partial charge in [-0.15, -0.1) is 11.6 Å². The van der Waals surface area contributed by atoms with Gasteiger partial charge in [-0.3, -0.25) is 0 Å². The molecule has 0 aromatic carbocycles. The summed E-state index contributed by atoms with van der Waals surface area (Å²) in [5.41, 5.74) is 1.71. The number of hydrogen-bond donors (Lipinski definition) is 0. The molecule has 0 saturated carbocycles. The summed E-state index contributed by atoms with van der Waals surface area (Å²) in [6.45, 7) is 3.86. The predicted molar refractivity (Wildman–Crippen MR) is 71.8 cm³/mol. The van der Waals surface area contributed by atoms with E-state index >= 15 is 0 Å². The Labute approximate surface area is 116 Å². The van der Waals surface area contributed by atoms with E-state index in [0.717, 1.165) is 11.3 Å². The van der Waals surface area contributed by atoms with Gasteiger partial charge in [0.25, 0.3) is 0 Å². The normalized spacial score (nSPS) is 12.0. The van der Waals surface area contributed by atoms with Crippen LogP contribution in [-0.2, 0) is 5.88 Å². The standard InChI is InChI=1S/C13H18ClF3N2/c1-9(2)11-6-10(8-14)7-12(18-11)19(3)5-4-13(15,16)17/h6-7,9H,4-5,8H2,1-3H3. The number of halogens is 4. The van der Waals surface area contributed by atoms with Crippen LogP contribution in [0.1, 0.15) is 37.4 Å². The molecule has 1 rings (SSSR count). The Morgan fingerprint density at radius 1 is 1.32 bits per heavy atom. The third-order valence-corrected chi connectivity index (χ3v) is 3.07. The summed E-state index contributed by atoms with van der Waals surface area (Å²) in [4.78, 5) is 5.89. The molecule has 0 fully saturated rings. The van der Waals surface area contributed by atoms with E-state index in [2.05, 4.69) is 4.98 Å². The molecule has 0 unspecified atom stereocenters. The summed E-state index contributed by atoms with van der Waals surface area (Å²) in [6, 6.07) is 3.62. The lowest BCUT2D eigenvalue weighted by atomic mass is 10.1. The number of hydrogen-bond acceptors (Lipinski definition) is 2. The van der Waals surface area contributed by atoms with Crippen LogP contribution >= 0.6 is 11.6 Å². The van der Waals surface area contributed by atoms with Gasteiger partial charge in [-0.2, -0.15) is 13.2 Å². The zero-order chi connectivity index (χ0) is 14.6. The molecule has 0 radical (unpaired) electrons. The second kappa shape index (κ2) is 6.46. The number of aromatic nitrogens is 1. The van der Waals surface area contributed by atoms with E-state index in [0.29, 0.717) is 11.7 Å². The molecule has 0 aliphatic heterocycles. The third kappa shape index (κ3) is 5.27. The van der Waals surface area contributed by atoms with E-state index in [4.69, 9.17) is 11.6 Å². The van der Waals surface area contributed by atoms with Crippen molar-refractivity contribution in [2.45, 2.75) is 38.2 Å². The largest absolute Gasteiger partial charge is 0.390 e. The van der Waals surface area contributed by atoms with Gasteiger partial charge in [0, 0.05) is 25.2 Å². The quantitative estimate of drug-likeness (QED) is 0.751. The Morgan fingerprint density at radius 3 is 2.42 bits per heavy atom. The minimum absolute atomic E-state index is 0.111. The first-order valence-corrected chi connectivity index (χ1v) is 6.61. The molecule has 0 atom stereocenters. The molecule has 1 heterocycles. The number of nitrogens with zero attached hydrogens (tertiary/aromatic N) is 2. The predicted octanol–water partition coefficient (Wildman–Crippen LogP) is 4.33. The first-order valence-electron chi connectivity index (χ1n) is 6.07. The van der Waals surface area contributed by atoms with Crippen LogP contribution in [0, 0.1) is 0 Å². The molecule has 0 aliphatic carbocycles. The lowest BCUT2D eigenvalue weighted by molar-refractivity contribution is -0.132. The van der Waals surface area contributed by atoms with E-state index in [9.17, 15) is 13.2 Å². The molecule has 0 amide bonds. The molecule has 0 aliphatic rings. The second-order valence-electron chi connectivity index (χ2n) is 4.83. The molecular formula is C13H18ClF3N2. The van der Waals surface area contributed by atoms with Crippen molar-refractivity contribution in [2.24, 2.45) is 0 Å². The van der Waals surface area contributed by atoms with Gasteiger partial charge in [-0.05, 0) is 23.6 Å². The smallest absolute Gasteiger partial charge is 0.359 e. The molecule has 6 heteroatoms. The number of alkyl halides is 4. The Morgan fingerprint density at radius 2 is 1.95 bits per heavy atom. The molecule has 0 saturated heterocycles. The van der Waals surface area contributed by atoms with Crippen molar-refractivity contribution in [1.82, 2.24) is 4.98 Å². The van der Waals surface area contributed by atoms with E-state index in [1.807, 2.05) is 19.9 Å². The zero-order valence-corrected chi connectivity index (χ0v) is 12.0. The topological polar surface area (TPSA) is 16.1 Å². The highest BCUT2D eigenvalue weighted by Crippen LogP contribution is 2.23. The van der Waals surface area contributed by atoms with E-state index in [1.165, 1.54) is 4.90 Å². The van der Waals surface area contributed by atoms with Gasteiger partial charge >= 0.3 is 6.18 Å². The molecule has 108 valence electrons. The van der Waals surface area contributed by atoms with Gasteiger partial charge in [-0.1, -0.05) is 13.8 Å². The maximum Gasteiger partial charge on any atom is 0.390 e. The lowest BCUT2D eigenvalue weighted by Crippen LogP contribution is -2.25. The summed E-state index contributed by atoms with van der Waals surface area (Å²) >= 11 is 5.80. The van der Waals surface area contributed by atoms with Gasteiger partial charge in [0.15, 0.2) is 0 Å². The molecule has 0 bridgehead atoms. The van der Waals surface area contributed by atoms with Crippen LogP contribution in [-0.4, -0.2) is 24.8 Å². The first kappa shape index (κ1) is 16.1. The Bertz CT molecular complexity index is 419. The molecule has 2 nitrogen and oxygen atoms in total. The molecule has 0 spiro atoms. The Kier molecular flexibility index (Phi) is 5.47. The van der Waals surface area contributed by atoms with Crippen molar-refractivity contribution in [1.29, 1.82) is 0 Å². The molecule has 1 aromatic heterocycles. The van der Waals surface area contributed by atoms with Crippen molar-refractivity contribution in [2.75, 3.05) is 18.5 Å². The van der Waals surface area contributed by atoms with Crippen molar-refractivity contribution in [3.05, 3.63) is 23.4 Å². The number of pyridine rings is 1. The Balaban J connectivity index is 2.89. The second-order valence-corrected chi connectivity index (χ2v) is 5.10. The summed E-state index contributed by atoms with van der Waals surface area (Å²) in [7, 11) is 1.61. The van der Waals surface area contributed by atoms with Crippen LogP contribution < -0.4 is 4.90 Å². The summed E-state index contributed by atoms with van der Waals surface area (Å²) in [5.74, 6) is 1.06. The highest BCUT2D eigenvalue weighted by atomic mass is 35.5. The average Bonchev–Trinajstić information content (AvgIpc) is 2.34. The van der Waals surface area contributed by atoms with Gasteiger partial charge < -0.3 is 4.90 Å². The van der Waals surface area contributed by atoms with Gasteiger partial charge in [0.1, 0.15) is 5.82 Å². The highest BCUT2D eigenvalue weighted by molar-refractivity contribution is 6.17. The van der Waals surface area contributed by atoms with E-state index < -0.39 is 12.6 Å². The van der Waals surface area contributed by atoms with Crippen LogP contribution in [0.4, 0.5) is 19.0 Å². The number of anilines is 1. The zero-order valence-electron chi connectivity index (χ0n) is 11.3. The maximum atomic E-state index is 12.2. The molecular weight excluding hydrogens is 277 g/mol. The summed E-state index contributed by atoms with van der Waals surface area (Å²) in [5, 5.41) is 0. The van der Waals surface area contributed by atoms with Crippen LogP contribution in [0.15, 0.2) is 12.1 Å². The Hall–Kier alpha value is -0.970. The molecule has 19 heavy (non-hydrogen) atoms. The van der Waals surface area contributed by atoms with Gasteiger partial charge in [0.2, 0.25) is 0 Å². The van der Waals surface area contributed by atoms with Crippen molar-refractivity contribution >= 4 is 17.4 Å². The van der Waals surface area contributed by atoms with E-state index in [-0.39, 0.29) is 12.5 Å². The SMILES string of the molecule is CC(C)c1cc(CCl)cc(N(C)CCC(F)(F)F)n1. The van der Waals surface area contributed by atoms with Gasteiger partial charge in [0.05, 0.1) is 6.42 Å². The van der Waals surface area contributed by atoms with E-state index in [1.54, 1.807) is 13.1 Å². The fourth-order valence-corrected chi connectivity index (χ4v) is 1.73. The maximum absolute atomic E-state index is 12.2. The minimum Gasteiger partial charge on any atom is -0.359 e. The highest BCUT2D eigenvalue weighted by Gasteiger charge is 2.27. The van der Waals surface area contributed by atoms with Crippen molar-refractivity contribution in [3.63, 3.8) is 0 Å².